The second kappa shape index (κ2) is 10.9. The third-order valence-corrected chi connectivity index (χ3v) is 6.75. The summed E-state index contributed by atoms with van der Waals surface area (Å²) in [7, 11) is 3.47. The molecule has 176 valence electrons. The number of hydrazine groups is 1. The van der Waals surface area contributed by atoms with Crippen molar-refractivity contribution in [1.29, 1.82) is 0 Å². The zero-order valence-corrected chi connectivity index (χ0v) is 19.5. The number of ether oxygens (including phenoxy) is 2. The van der Waals surface area contributed by atoms with Gasteiger partial charge in [0.15, 0.2) is 0 Å². The predicted molar refractivity (Wildman–Crippen MR) is 119 cm³/mol. The van der Waals surface area contributed by atoms with E-state index < -0.39 is 11.9 Å². The van der Waals surface area contributed by atoms with Crippen LogP contribution in [-0.2, 0) is 30.5 Å². The van der Waals surface area contributed by atoms with Crippen molar-refractivity contribution in [3.63, 3.8) is 0 Å². The molecular formula is C24H35N3O5. The molecule has 8 nitrogen and oxygen atoms in total. The fourth-order valence-corrected chi connectivity index (χ4v) is 4.56. The smallest absolute Gasteiger partial charge is 0.318 e. The van der Waals surface area contributed by atoms with E-state index in [2.05, 4.69) is 31.2 Å². The molecule has 2 aliphatic rings. The Balaban J connectivity index is 1.58. The lowest BCUT2D eigenvalue weighted by molar-refractivity contribution is -0.156. The number of carbonyl (C=O) groups excluding carboxylic acids is 3. The van der Waals surface area contributed by atoms with Gasteiger partial charge in [-0.05, 0) is 52.1 Å². The summed E-state index contributed by atoms with van der Waals surface area (Å²) in [6.07, 6.45) is 2.73. The summed E-state index contributed by atoms with van der Waals surface area (Å²) in [6.45, 7) is 4.83. The highest BCUT2D eigenvalue weighted by Crippen LogP contribution is 2.31. The van der Waals surface area contributed by atoms with Gasteiger partial charge in [0.2, 0.25) is 0 Å². The Morgan fingerprint density at radius 1 is 1.16 bits per heavy atom. The van der Waals surface area contributed by atoms with E-state index in [4.69, 9.17) is 9.47 Å². The second-order valence-electron chi connectivity index (χ2n) is 9.02. The van der Waals surface area contributed by atoms with Crippen molar-refractivity contribution in [3.05, 3.63) is 35.9 Å². The van der Waals surface area contributed by atoms with E-state index in [1.165, 1.54) is 12.1 Å². The normalized spacial score (nSPS) is 25.9. The number of esters is 2. The summed E-state index contributed by atoms with van der Waals surface area (Å²) in [5.41, 5.74) is 4.12. The summed E-state index contributed by atoms with van der Waals surface area (Å²) < 4.78 is 10.4. The van der Waals surface area contributed by atoms with Crippen molar-refractivity contribution >= 4 is 17.8 Å². The molecule has 1 N–H and O–H groups in total. The summed E-state index contributed by atoms with van der Waals surface area (Å²) in [5.74, 6) is -2.24. The number of benzene rings is 1. The first kappa shape index (κ1) is 24.2. The Bertz CT molecular complexity index is 800. The fourth-order valence-electron chi connectivity index (χ4n) is 4.56. The molecule has 32 heavy (non-hydrogen) atoms. The summed E-state index contributed by atoms with van der Waals surface area (Å²) in [5, 5.41) is 1.49. The van der Waals surface area contributed by atoms with Crippen LogP contribution in [0.5, 0.6) is 0 Å². The monoisotopic (exact) mass is 445 g/mol. The average Bonchev–Trinajstić information content (AvgIpc) is 3.17. The third kappa shape index (κ3) is 5.66. The Hall–Kier alpha value is -2.45. The molecule has 4 atom stereocenters. The molecule has 3 rings (SSSR count). The van der Waals surface area contributed by atoms with Crippen molar-refractivity contribution in [2.75, 3.05) is 20.7 Å². The number of hydrogen-bond donors (Lipinski definition) is 1. The molecule has 0 aromatic heterocycles. The highest BCUT2D eigenvalue weighted by molar-refractivity contribution is 5.99. The molecule has 4 unspecified atom stereocenters. The van der Waals surface area contributed by atoms with Crippen molar-refractivity contribution in [3.8, 4) is 0 Å². The van der Waals surface area contributed by atoms with Gasteiger partial charge in [-0.25, -0.2) is 5.43 Å². The number of nitrogens with zero attached hydrogens (tertiary/aromatic N) is 2. The van der Waals surface area contributed by atoms with Gasteiger partial charge in [-0.2, -0.15) is 0 Å². The summed E-state index contributed by atoms with van der Waals surface area (Å²) in [4.78, 5) is 40.2. The van der Waals surface area contributed by atoms with Crippen LogP contribution in [0.4, 0.5) is 0 Å². The Labute approximate surface area is 190 Å². The third-order valence-electron chi connectivity index (χ3n) is 6.75. The van der Waals surface area contributed by atoms with Crippen molar-refractivity contribution in [1.82, 2.24) is 15.3 Å². The molecule has 1 saturated carbocycles. The van der Waals surface area contributed by atoms with Crippen molar-refractivity contribution in [2.45, 2.75) is 64.3 Å². The van der Waals surface area contributed by atoms with E-state index in [9.17, 15) is 14.4 Å². The van der Waals surface area contributed by atoms with Gasteiger partial charge in [0, 0.05) is 24.7 Å². The minimum atomic E-state index is -0.814. The molecule has 0 radical (unpaired) electrons. The molecule has 1 saturated heterocycles. The molecule has 0 bridgehead atoms. The van der Waals surface area contributed by atoms with Crippen molar-refractivity contribution in [2.24, 2.45) is 11.8 Å². The number of rotatable bonds is 8. The van der Waals surface area contributed by atoms with E-state index in [0.29, 0.717) is 25.4 Å². The van der Waals surface area contributed by atoms with Crippen LogP contribution >= 0.6 is 0 Å². The van der Waals surface area contributed by atoms with Gasteiger partial charge >= 0.3 is 11.9 Å². The lowest BCUT2D eigenvalue weighted by Gasteiger charge is -2.41. The summed E-state index contributed by atoms with van der Waals surface area (Å²) >= 11 is 0. The highest BCUT2D eigenvalue weighted by atomic mass is 16.5. The molecule has 1 aromatic rings. The Morgan fingerprint density at radius 2 is 1.88 bits per heavy atom. The molecule has 1 aliphatic heterocycles. The number of methoxy groups -OCH3 is 1. The van der Waals surface area contributed by atoms with Gasteiger partial charge in [-0.1, -0.05) is 30.3 Å². The van der Waals surface area contributed by atoms with Gasteiger partial charge in [0.1, 0.15) is 12.5 Å². The van der Waals surface area contributed by atoms with Gasteiger partial charge in [0.25, 0.3) is 5.91 Å². The van der Waals surface area contributed by atoms with E-state index in [1.807, 2.05) is 30.3 Å². The van der Waals surface area contributed by atoms with Crippen LogP contribution in [0.15, 0.2) is 30.3 Å². The molecule has 1 aromatic carbocycles. The first-order valence-electron chi connectivity index (χ1n) is 11.4. The molecule has 2 fully saturated rings. The molecular weight excluding hydrogens is 410 g/mol. The van der Waals surface area contributed by atoms with Crippen LogP contribution in [0.25, 0.3) is 0 Å². The van der Waals surface area contributed by atoms with Crippen LogP contribution in [0, 0.1) is 11.8 Å². The van der Waals surface area contributed by atoms with Gasteiger partial charge in [-0.3, -0.25) is 19.4 Å². The quantitative estimate of drug-likeness (QED) is 0.484. The Morgan fingerprint density at radius 3 is 2.53 bits per heavy atom. The maximum absolute atomic E-state index is 12.9. The van der Waals surface area contributed by atoms with E-state index >= 15 is 0 Å². The zero-order valence-electron chi connectivity index (χ0n) is 19.5. The topological polar surface area (TPSA) is 88.2 Å². The lowest BCUT2D eigenvalue weighted by Crippen LogP contribution is -2.55. The second-order valence-corrected chi connectivity index (χ2v) is 9.02. The zero-order chi connectivity index (χ0) is 23.3. The van der Waals surface area contributed by atoms with Gasteiger partial charge in [0.05, 0.1) is 13.0 Å². The Kier molecular flexibility index (Phi) is 8.26. The van der Waals surface area contributed by atoms with Crippen LogP contribution in [0.1, 0.15) is 45.1 Å². The van der Waals surface area contributed by atoms with E-state index in [0.717, 1.165) is 18.4 Å². The summed E-state index contributed by atoms with van der Waals surface area (Å²) in [6, 6.07) is 9.85. The maximum atomic E-state index is 12.9. The first-order valence-corrected chi connectivity index (χ1v) is 11.4. The molecule has 1 amide bonds. The van der Waals surface area contributed by atoms with Crippen LogP contribution < -0.4 is 5.43 Å². The van der Waals surface area contributed by atoms with Crippen LogP contribution in [-0.4, -0.2) is 66.6 Å². The maximum Gasteiger partial charge on any atom is 0.318 e. The largest absolute Gasteiger partial charge is 0.469 e. The first-order chi connectivity index (χ1) is 15.3. The average molecular weight is 446 g/mol. The van der Waals surface area contributed by atoms with E-state index in [1.54, 1.807) is 0 Å². The number of hydrogen-bond acceptors (Lipinski definition) is 7. The SMILES string of the molecule is COC(=O)C1CC(N(C)C(C)C)CCC1NN1CCC(C(=O)OCc2ccccc2)C1=O. The van der Waals surface area contributed by atoms with Crippen LogP contribution in [0.3, 0.4) is 0 Å². The predicted octanol–water partition coefficient (Wildman–Crippen LogP) is 2.13. The van der Waals surface area contributed by atoms with Crippen LogP contribution in [0.2, 0.25) is 0 Å². The van der Waals surface area contributed by atoms with E-state index in [-0.39, 0.29) is 36.5 Å². The minimum Gasteiger partial charge on any atom is -0.469 e. The minimum absolute atomic E-state index is 0.147. The molecule has 1 aliphatic carbocycles. The highest BCUT2D eigenvalue weighted by Gasteiger charge is 2.43. The van der Waals surface area contributed by atoms with Crippen molar-refractivity contribution < 1.29 is 23.9 Å². The fraction of sp³-hybridized carbons (Fsp3) is 0.625. The lowest BCUT2D eigenvalue weighted by atomic mass is 9.81. The number of carbonyl (C=O) groups is 3. The number of nitrogens with one attached hydrogen (secondary N) is 1. The van der Waals surface area contributed by atoms with Gasteiger partial charge in [-0.15, -0.1) is 0 Å². The standard InChI is InChI=1S/C24H35N3O5/c1-16(2)26(3)18-10-11-21(20(14-18)23(29)31-4)25-27-13-12-19(22(27)28)24(30)32-15-17-8-6-5-7-9-17/h5-9,16,18-21,25H,10-15H2,1-4H3. The molecule has 8 heteroatoms. The molecule has 0 spiro atoms. The molecule has 1 heterocycles. The van der Waals surface area contributed by atoms with Gasteiger partial charge < -0.3 is 14.4 Å². The number of amides is 1.